The molecule has 0 heterocycles. The third kappa shape index (κ3) is 5.44. The maximum atomic E-state index is 11.5. The predicted molar refractivity (Wildman–Crippen MR) is 71.3 cm³/mol. The molecule has 0 aliphatic rings. The van der Waals surface area contributed by atoms with Crippen LogP contribution in [0.4, 0.5) is 0 Å². The van der Waals surface area contributed by atoms with Crippen LogP contribution in [-0.2, 0) is 9.59 Å². The first-order valence-corrected chi connectivity index (χ1v) is 7.40. The van der Waals surface area contributed by atoms with E-state index in [1.54, 1.807) is 11.8 Å². The lowest BCUT2D eigenvalue weighted by atomic mass is 9.82. The van der Waals surface area contributed by atoms with Crippen molar-refractivity contribution in [2.45, 2.75) is 39.5 Å². The van der Waals surface area contributed by atoms with Gasteiger partial charge in [0.1, 0.15) is 0 Å². The van der Waals surface area contributed by atoms with Crippen LogP contribution in [0.25, 0.3) is 0 Å². The summed E-state index contributed by atoms with van der Waals surface area (Å²) in [5, 5.41) is 11.9. The topological polar surface area (TPSA) is 66.4 Å². The van der Waals surface area contributed by atoms with Gasteiger partial charge in [-0.15, -0.1) is 0 Å². The monoisotopic (exact) mass is 261 g/mol. The maximum Gasteiger partial charge on any atom is 0.311 e. The zero-order chi connectivity index (χ0) is 13.3. The Labute approximate surface area is 108 Å². The molecule has 0 saturated heterocycles. The van der Waals surface area contributed by atoms with Crippen molar-refractivity contribution in [2.24, 2.45) is 5.41 Å². The van der Waals surface area contributed by atoms with Gasteiger partial charge in [-0.2, -0.15) is 11.8 Å². The normalized spacial score (nSPS) is 11.2. The molecule has 0 unspecified atom stereocenters. The van der Waals surface area contributed by atoms with Gasteiger partial charge in [-0.1, -0.05) is 13.8 Å². The first-order valence-electron chi connectivity index (χ1n) is 6.01. The van der Waals surface area contributed by atoms with Crippen molar-refractivity contribution in [1.82, 2.24) is 5.32 Å². The second kappa shape index (κ2) is 8.39. The molecule has 17 heavy (non-hydrogen) atoms. The summed E-state index contributed by atoms with van der Waals surface area (Å²) >= 11 is 1.71. The molecule has 0 rings (SSSR count). The van der Waals surface area contributed by atoms with Gasteiger partial charge in [0.15, 0.2) is 0 Å². The highest BCUT2D eigenvalue weighted by Crippen LogP contribution is 2.25. The van der Waals surface area contributed by atoms with Crippen molar-refractivity contribution in [2.75, 3.05) is 18.6 Å². The number of thioether (sulfide) groups is 1. The summed E-state index contributed by atoms with van der Waals surface area (Å²) in [6.45, 7) is 3.92. The number of nitrogens with one attached hydrogen (secondary N) is 1. The summed E-state index contributed by atoms with van der Waals surface area (Å²) in [4.78, 5) is 22.7. The lowest BCUT2D eigenvalue weighted by Crippen LogP contribution is -2.42. The molecule has 1 amide bonds. The van der Waals surface area contributed by atoms with Gasteiger partial charge in [-0.05, 0) is 31.3 Å². The van der Waals surface area contributed by atoms with Crippen molar-refractivity contribution in [1.29, 1.82) is 0 Å². The molecule has 0 radical (unpaired) electrons. The molecule has 0 aromatic heterocycles. The number of hydrogen-bond donors (Lipinski definition) is 2. The molecular weight excluding hydrogens is 238 g/mol. The van der Waals surface area contributed by atoms with Crippen LogP contribution in [0.15, 0.2) is 0 Å². The third-order valence-corrected chi connectivity index (χ3v) is 3.88. The van der Waals surface area contributed by atoms with E-state index in [0.717, 1.165) is 12.2 Å². The molecule has 0 bridgehead atoms. The van der Waals surface area contributed by atoms with Gasteiger partial charge >= 0.3 is 5.97 Å². The van der Waals surface area contributed by atoms with E-state index in [2.05, 4.69) is 5.32 Å². The van der Waals surface area contributed by atoms with E-state index in [1.165, 1.54) is 0 Å². The number of carbonyl (C=O) groups is 2. The van der Waals surface area contributed by atoms with Crippen LogP contribution in [0, 0.1) is 5.41 Å². The minimum absolute atomic E-state index is 0.0495. The van der Waals surface area contributed by atoms with Crippen LogP contribution in [0.2, 0.25) is 0 Å². The summed E-state index contributed by atoms with van der Waals surface area (Å²) in [6, 6.07) is 0. The standard InChI is InChI=1S/C12H23NO3S/c1-4-12(5-2,11(15)16)9-13-10(14)7-6-8-17-3/h4-9H2,1-3H3,(H,13,14)(H,15,16). The van der Waals surface area contributed by atoms with Gasteiger partial charge in [-0.25, -0.2) is 0 Å². The number of rotatable bonds is 9. The molecule has 2 N–H and O–H groups in total. The fourth-order valence-electron chi connectivity index (χ4n) is 1.61. The molecule has 0 aliphatic carbocycles. The molecule has 0 aliphatic heterocycles. The number of carbonyl (C=O) groups excluding carboxylic acids is 1. The number of carboxylic acid groups (broad SMARTS) is 1. The zero-order valence-corrected chi connectivity index (χ0v) is 11.7. The number of amides is 1. The Bertz CT molecular complexity index is 252. The quantitative estimate of drug-likeness (QED) is 0.624. The first kappa shape index (κ1) is 16.3. The molecule has 0 aromatic carbocycles. The molecule has 0 saturated carbocycles. The van der Waals surface area contributed by atoms with Crippen LogP contribution < -0.4 is 5.32 Å². The average molecular weight is 261 g/mol. The predicted octanol–water partition coefficient (Wildman–Crippen LogP) is 2.14. The summed E-state index contributed by atoms with van der Waals surface area (Å²) < 4.78 is 0. The van der Waals surface area contributed by atoms with Gasteiger partial charge in [0.25, 0.3) is 0 Å². The Morgan fingerprint density at radius 3 is 2.29 bits per heavy atom. The molecule has 0 fully saturated rings. The SMILES string of the molecule is CCC(CC)(CNC(=O)CCCSC)C(=O)O. The molecule has 0 aromatic rings. The van der Waals surface area contributed by atoms with Gasteiger partial charge in [0.05, 0.1) is 5.41 Å². The molecule has 5 heteroatoms. The number of hydrogen-bond acceptors (Lipinski definition) is 3. The largest absolute Gasteiger partial charge is 0.481 e. The Kier molecular flexibility index (Phi) is 8.04. The van der Waals surface area contributed by atoms with Crippen molar-refractivity contribution in [3.8, 4) is 0 Å². The van der Waals surface area contributed by atoms with Crippen LogP contribution >= 0.6 is 11.8 Å². The highest BCUT2D eigenvalue weighted by Gasteiger charge is 2.34. The third-order valence-electron chi connectivity index (χ3n) is 3.18. The minimum Gasteiger partial charge on any atom is -0.481 e. The van der Waals surface area contributed by atoms with Gasteiger partial charge in [0.2, 0.25) is 5.91 Å². The molecule has 0 atom stereocenters. The number of aliphatic carboxylic acids is 1. The van der Waals surface area contributed by atoms with E-state index in [0.29, 0.717) is 19.3 Å². The molecular formula is C12H23NO3S. The highest BCUT2D eigenvalue weighted by molar-refractivity contribution is 7.98. The average Bonchev–Trinajstić information content (AvgIpc) is 2.31. The maximum absolute atomic E-state index is 11.5. The fourth-order valence-corrected chi connectivity index (χ4v) is 2.04. The van der Waals surface area contributed by atoms with Crippen molar-refractivity contribution >= 4 is 23.6 Å². The Morgan fingerprint density at radius 1 is 1.29 bits per heavy atom. The molecule has 4 nitrogen and oxygen atoms in total. The second-order valence-corrected chi connectivity index (χ2v) is 5.15. The smallest absolute Gasteiger partial charge is 0.311 e. The van der Waals surface area contributed by atoms with Crippen LogP contribution in [0.3, 0.4) is 0 Å². The van der Waals surface area contributed by atoms with Crippen LogP contribution in [0.5, 0.6) is 0 Å². The lowest BCUT2D eigenvalue weighted by molar-refractivity contribution is -0.149. The van der Waals surface area contributed by atoms with Crippen molar-refractivity contribution in [3.63, 3.8) is 0 Å². The Balaban J connectivity index is 4.13. The fraction of sp³-hybridized carbons (Fsp3) is 0.833. The Hall–Kier alpha value is -0.710. The summed E-state index contributed by atoms with van der Waals surface area (Å²) in [5.41, 5.74) is -0.810. The van der Waals surface area contributed by atoms with E-state index in [9.17, 15) is 14.7 Å². The van der Waals surface area contributed by atoms with Crippen molar-refractivity contribution in [3.05, 3.63) is 0 Å². The van der Waals surface area contributed by atoms with Gasteiger partial charge in [0, 0.05) is 13.0 Å². The van der Waals surface area contributed by atoms with E-state index in [4.69, 9.17) is 0 Å². The first-order chi connectivity index (χ1) is 8.02. The van der Waals surface area contributed by atoms with Gasteiger partial charge in [-0.3, -0.25) is 9.59 Å². The van der Waals surface area contributed by atoms with E-state index in [-0.39, 0.29) is 12.5 Å². The van der Waals surface area contributed by atoms with E-state index in [1.807, 2.05) is 20.1 Å². The van der Waals surface area contributed by atoms with Crippen LogP contribution in [-0.4, -0.2) is 35.5 Å². The second-order valence-electron chi connectivity index (χ2n) is 4.17. The lowest BCUT2D eigenvalue weighted by Gasteiger charge is -2.26. The summed E-state index contributed by atoms with van der Waals surface area (Å²) in [6.07, 6.45) is 4.38. The van der Waals surface area contributed by atoms with E-state index >= 15 is 0 Å². The summed E-state index contributed by atoms with van der Waals surface area (Å²) in [7, 11) is 0. The van der Waals surface area contributed by atoms with Gasteiger partial charge < -0.3 is 10.4 Å². The molecule has 0 spiro atoms. The van der Waals surface area contributed by atoms with E-state index < -0.39 is 11.4 Å². The minimum atomic E-state index is -0.827. The summed E-state index contributed by atoms with van der Waals surface area (Å²) in [5.74, 6) is 0.0810. The van der Waals surface area contributed by atoms with Crippen LogP contribution in [0.1, 0.15) is 39.5 Å². The number of carboxylic acids is 1. The zero-order valence-electron chi connectivity index (χ0n) is 10.9. The Morgan fingerprint density at radius 2 is 1.88 bits per heavy atom. The highest BCUT2D eigenvalue weighted by atomic mass is 32.2. The van der Waals surface area contributed by atoms with Crippen molar-refractivity contribution < 1.29 is 14.7 Å². The molecule has 100 valence electrons.